The van der Waals surface area contributed by atoms with Gasteiger partial charge in [0.05, 0.1) is 0 Å². The lowest BCUT2D eigenvalue weighted by Gasteiger charge is -2.18. The van der Waals surface area contributed by atoms with Crippen LogP contribution >= 0.6 is 0 Å². The van der Waals surface area contributed by atoms with Crippen LogP contribution < -0.4 is 0 Å². The summed E-state index contributed by atoms with van der Waals surface area (Å²) in [5, 5.41) is 0. The van der Waals surface area contributed by atoms with Crippen LogP contribution in [0.25, 0.3) is 0 Å². The quantitative estimate of drug-likeness (QED) is 0.0199. The first kappa shape index (κ1) is 60.1. The van der Waals surface area contributed by atoms with Gasteiger partial charge in [-0.1, -0.05) is 216 Å². The van der Waals surface area contributed by atoms with E-state index in [-0.39, 0.29) is 37.5 Å². The molecule has 6 nitrogen and oxygen atoms in total. The van der Waals surface area contributed by atoms with Crippen molar-refractivity contribution in [2.75, 3.05) is 13.2 Å². The van der Waals surface area contributed by atoms with Crippen molar-refractivity contribution in [3.8, 4) is 0 Å². The molecule has 63 heavy (non-hydrogen) atoms. The van der Waals surface area contributed by atoms with Crippen LogP contribution in [0.1, 0.15) is 265 Å². The summed E-state index contributed by atoms with van der Waals surface area (Å²) in [6.07, 6.45) is 63.6. The normalized spacial score (nSPS) is 12.5. The van der Waals surface area contributed by atoms with Crippen molar-refractivity contribution in [1.29, 1.82) is 0 Å². The summed E-state index contributed by atoms with van der Waals surface area (Å²) in [6.45, 7) is 6.55. The van der Waals surface area contributed by atoms with Crippen LogP contribution in [0.15, 0.2) is 60.8 Å². The molecule has 1 atom stereocenters. The predicted octanol–water partition coefficient (Wildman–Crippen LogP) is 17.6. The minimum Gasteiger partial charge on any atom is -0.462 e. The van der Waals surface area contributed by atoms with Crippen LogP contribution in [0, 0.1) is 0 Å². The van der Waals surface area contributed by atoms with Gasteiger partial charge in [-0.3, -0.25) is 14.4 Å². The highest BCUT2D eigenvalue weighted by molar-refractivity contribution is 5.71. The first-order valence-corrected chi connectivity index (χ1v) is 26.8. The Balaban J connectivity index is 4.48. The molecular formula is C57H100O6. The van der Waals surface area contributed by atoms with Crippen LogP contribution in [0.2, 0.25) is 0 Å². The molecule has 0 saturated heterocycles. The Morgan fingerprint density at radius 2 is 0.651 bits per heavy atom. The Morgan fingerprint density at radius 3 is 1.10 bits per heavy atom. The van der Waals surface area contributed by atoms with Crippen LogP contribution in [0.3, 0.4) is 0 Å². The SMILES string of the molecule is CCCCCCCC/C=C/C/C=C/CCC(=O)OCC(COC(=O)CCCCC/C=C/C=C/CCCCCCCCC)OC(=O)CCCCCCC/C=C/CCCCCCCCC. The maximum absolute atomic E-state index is 12.8. The van der Waals surface area contributed by atoms with Gasteiger partial charge in [0.1, 0.15) is 13.2 Å². The van der Waals surface area contributed by atoms with E-state index in [1.54, 1.807) is 0 Å². The molecule has 0 bridgehead atoms. The van der Waals surface area contributed by atoms with E-state index >= 15 is 0 Å². The molecule has 0 aliphatic rings. The van der Waals surface area contributed by atoms with Gasteiger partial charge in [0, 0.05) is 19.3 Å². The molecule has 0 aromatic rings. The number of carbonyl (C=O) groups is 3. The molecule has 0 aromatic carbocycles. The maximum atomic E-state index is 12.8. The number of carbonyl (C=O) groups excluding carboxylic acids is 3. The van der Waals surface area contributed by atoms with E-state index in [1.807, 2.05) is 6.08 Å². The standard InChI is InChI=1S/C57H100O6/c1-4-7-10-13-16-19-22-25-27-29-32-35-38-41-44-47-50-56(59)62-53-54(52-61-55(58)49-46-43-40-37-34-31-24-21-18-15-12-9-6-3)63-57(60)51-48-45-42-39-36-33-30-28-26-23-20-17-14-11-8-5-2/h27-32,34-35,40,43,54H,4-26,33,36-39,41-42,44-53H2,1-3H3/b29-27+,30-28+,34-31+,35-32+,43-40+. The predicted molar refractivity (Wildman–Crippen MR) is 270 cm³/mol. The van der Waals surface area contributed by atoms with Crippen LogP contribution in [0.5, 0.6) is 0 Å². The molecule has 0 fully saturated rings. The Hall–Kier alpha value is -2.89. The molecule has 0 aliphatic carbocycles. The summed E-state index contributed by atoms with van der Waals surface area (Å²) in [4.78, 5) is 38.0. The van der Waals surface area contributed by atoms with Gasteiger partial charge in [0.15, 0.2) is 6.10 Å². The summed E-state index contributed by atoms with van der Waals surface area (Å²) in [7, 11) is 0. The molecular weight excluding hydrogens is 781 g/mol. The molecule has 0 saturated carbocycles. The molecule has 0 spiro atoms. The Labute approximate surface area is 390 Å². The minimum absolute atomic E-state index is 0.108. The summed E-state index contributed by atoms with van der Waals surface area (Å²) < 4.78 is 16.7. The first-order chi connectivity index (χ1) is 31.0. The molecule has 0 rings (SSSR count). The number of unbranched alkanes of at least 4 members (excludes halogenated alkanes) is 28. The van der Waals surface area contributed by atoms with E-state index in [0.717, 1.165) is 77.0 Å². The third kappa shape index (κ3) is 50.0. The van der Waals surface area contributed by atoms with Crippen molar-refractivity contribution in [2.45, 2.75) is 271 Å². The average Bonchev–Trinajstić information content (AvgIpc) is 3.28. The molecule has 0 N–H and O–H groups in total. The highest BCUT2D eigenvalue weighted by atomic mass is 16.6. The van der Waals surface area contributed by atoms with E-state index in [0.29, 0.717) is 19.3 Å². The first-order valence-electron chi connectivity index (χ1n) is 26.8. The lowest BCUT2D eigenvalue weighted by molar-refractivity contribution is -0.166. The van der Waals surface area contributed by atoms with E-state index in [4.69, 9.17) is 14.2 Å². The fourth-order valence-electron chi connectivity index (χ4n) is 7.42. The maximum Gasteiger partial charge on any atom is 0.306 e. The highest BCUT2D eigenvalue weighted by Crippen LogP contribution is 2.14. The lowest BCUT2D eigenvalue weighted by Crippen LogP contribution is -2.30. The Morgan fingerprint density at radius 1 is 0.333 bits per heavy atom. The van der Waals surface area contributed by atoms with Crippen molar-refractivity contribution >= 4 is 17.9 Å². The zero-order chi connectivity index (χ0) is 45.8. The molecule has 1 unspecified atom stereocenters. The van der Waals surface area contributed by atoms with E-state index in [2.05, 4.69) is 75.5 Å². The van der Waals surface area contributed by atoms with Crippen LogP contribution in [0.4, 0.5) is 0 Å². The summed E-state index contributed by atoms with van der Waals surface area (Å²) in [6, 6.07) is 0. The van der Waals surface area contributed by atoms with Crippen LogP contribution in [-0.2, 0) is 28.6 Å². The molecule has 0 aliphatic heterocycles. The van der Waals surface area contributed by atoms with Crippen molar-refractivity contribution < 1.29 is 28.6 Å². The van der Waals surface area contributed by atoms with Gasteiger partial charge < -0.3 is 14.2 Å². The lowest BCUT2D eigenvalue weighted by atomic mass is 10.1. The van der Waals surface area contributed by atoms with Gasteiger partial charge in [-0.2, -0.15) is 0 Å². The van der Waals surface area contributed by atoms with Crippen LogP contribution in [-0.4, -0.2) is 37.2 Å². The zero-order valence-corrected chi connectivity index (χ0v) is 41.6. The second kappa shape index (κ2) is 51.7. The molecule has 364 valence electrons. The van der Waals surface area contributed by atoms with Gasteiger partial charge in [0.25, 0.3) is 0 Å². The van der Waals surface area contributed by atoms with E-state index < -0.39 is 6.10 Å². The van der Waals surface area contributed by atoms with Gasteiger partial charge in [0.2, 0.25) is 0 Å². The number of esters is 3. The third-order valence-corrected chi connectivity index (χ3v) is 11.5. The largest absolute Gasteiger partial charge is 0.462 e. The highest BCUT2D eigenvalue weighted by Gasteiger charge is 2.19. The Bertz CT molecular complexity index is 1150. The van der Waals surface area contributed by atoms with Gasteiger partial charge in [-0.25, -0.2) is 0 Å². The monoisotopic (exact) mass is 881 g/mol. The van der Waals surface area contributed by atoms with Crippen molar-refractivity contribution in [3.05, 3.63) is 60.8 Å². The molecule has 0 heterocycles. The van der Waals surface area contributed by atoms with Crippen molar-refractivity contribution in [3.63, 3.8) is 0 Å². The van der Waals surface area contributed by atoms with Gasteiger partial charge in [-0.15, -0.1) is 0 Å². The number of rotatable bonds is 48. The third-order valence-electron chi connectivity index (χ3n) is 11.5. The Kier molecular flexibility index (Phi) is 49.4. The fraction of sp³-hybridized carbons (Fsp3) is 0.772. The van der Waals surface area contributed by atoms with Gasteiger partial charge >= 0.3 is 17.9 Å². The van der Waals surface area contributed by atoms with E-state index in [1.165, 1.54) is 141 Å². The average molecular weight is 881 g/mol. The molecule has 6 heteroatoms. The fourth-order valence-corrected chi connectivity index (χ4v) is 7.42. The topological polar surface area (TPSA) is 78.9 Å². The molecule has 0 radical (unpaired) electrons. The summed E-state index contributed by atoms with van der Waals surface area (Å²) in [5.41, 5.74) is 0. The molecule has 0 aromatic heterocycles. The summed E-state index contributed by atoms with van der Waals surface area (Å²) in [5.74, 6) is -1.00. The second-order valence-electron chi connectivity index (χ2n) is 17.8. The zero-order valence-electron chi connectivity index (χ0n) is 41.6. The minimum atomic E-state index is -0.811. The second-order valence-corrected chi connectivity index (χ2v) is 17.8. The summed E-state index contributed by atoms with van der Waals surface area (Å²) >= 11 is 0. The van der Waals surface area contributed by atoms with E-state index in [9.17, 15) is 14.4 Å². The van der Waals surface area contributed by atoms with Crippen molar-refractivity contribution in [1.82, 2.24) is 0 Å². The number of allylic oxidation sites excluding steroid dienone is 10. The molecule has 0 amide bonds. The van der Waals surface area contributed by atoms with Crippen molar-refractivity contribution in [2.24, 2.45) is 0 Å². The number of ether oxygens (including phenoxy) is 3. The smallest absolute Gasteiger partial charge is 0.306 e. The number of hydrogen-bond acceptors (Lipinski definition) is 6. The van der Waals surface area contributed by atoms with Gasteiger partial charge in [-0.05, 0) is 89.9 Å². The number of hydrogen-bond donors (Lipinski definition) is 0.